The number of hydrogen-bond acceptors (Lipinski definition) is 5. The number of carboxylic acid groups (broad SMARTS) is 1. The van der Waals surface area contributed by atoms with Gasteiger partial charge < -0.3 is 29.6 Å². The van der Waals surface area contributed by atoms with E-state index in [1.807, 2.05) is 118 Å². The van der Waals surface area contributed by atoms with Crippen molar-refractivity contribution >= 4 is 126 Å². The van der Waals surface area contributed by atoms with Gasteiger partial charge in [0.2, 0.25) is 0 Å². The zero-order valence-electron chi connectivity index (χ0n) is 39.1. The van der Waals surface area contributed by atoms with Crippen LogP contribution in [0.2, 0.25) is 34.7 Å². The van der Waals surface area contributed by atoms with Gasteiger partial charge in [0.05, 0.1) is 17.9 Å². The summed E-state index contributed by atoms with van der Waals surface area (Å²) in [6.45, 7) is 16.0. The zero-order chi connectivity index (χ0) is 47.8. The van der Waals surface area contributed by atoms with Crippen molar-refractivity contribution in [2.75, 3.05) is 7.11 Å². The van der Waals surface area contributed by atoms with Crippen molar-refractivity contribution in [1.29, 1.82) is 0 Å². The molecule has 1 unspecified atom stereocenters. The molecule has 1 atom stereocenters. The van der Waals surface area contributed by atoms with Gasteiger partial charge in [-0.15, -0.1) is 0 Å². The van der Waals surface area contributed by atoms with Crippen molar-refractivity contribution in [2.24, 2.45) is 0 Å². The molecule has 0 aliphatic carbocycles. The van der Waals surface area contributed by atoms with Crippen LogP contribution in [-0.4, -0.2) is 53.2 Å². The van der Waals surface area contributed by atoms with Crippen molar-refractivity contribution < 1.29 is 80.4 Å². The van der Waals surface area contributed by atoms with Crippen molar-refractivity contribution in [3.8, 4) is 0 Å². The van der Waals surface area contributed by atoms with Gasteiger partial charge in [-0.1, -0.05) is 114 Å². The maximum atomic E-state index is 11.9. The van der Waals surface area contributed by atoms with Crippen LogP contribution in [0.3, 0.4) is 0 Å². The first-order chi connectivity index (χ1) is 30.4. The number of fused-ring (bicyclic) bond motifs is 9. The third-order valence-electron chi connectivity index (χ3n) is 11.5. The molecule has 0 bridgehead atoms. The number of aliphatic carboxylic acids is 1. The van der Waals surface area contributed by atoms with Crippen LogP contribution in [0.5, 0.6) is 0 Å². The number of halogens is 3. The van der Waals surface area contributed by atoms with E-state index in [1.165, 1.54) is 7.11 Å². The molecule has 4 N–H and O–H groups in total. The number of hydrogen-bond donors (Lipinski definition) is 4. The van der Waals surface area contributed by atoms with E-state index >= 15 is 0 Å². The number of rotatable bonds is 6. The first-order valence-electron chi connectivity index (χ1n) is 21.1. The zero-order valence-corrected chi connectivity index (χ0v) is 45.5. The van der Waals surface area contributed by atoms with Crippen LogP contribution >= 0.6 is 34.8 Å². The molecule has 9 aromatic rings. The fourth-order valence-electron chi connectivity index (χ4n) is 7.42. The van der Waals surface area contributed by atoms with E-state index < -0.39 is 25.1 Å². The van der Waals surface area contributed by atoms with Crippen LogP contribution < -0.4 is 56.2 Å². The summed E-state index contributed by atoms with van der Waals surface area (Å²) >= 11 is 18.1. The number of Topliss-reactive ketones (excluding diaryl/α,β-unsaturated/α-hetero) is 1. The van der Waals surface area contributed by atoms with Crippen molar-refractivity contribution in [1.82, 2.24) is 15.0 Å². The maximum Gasteiger partial charge on any atom is 1.00 e. The number of ketones is 1. The number of esters is 1. The van der Waals surface area contributed by atoms with Gasteiger partial charge in [0.25, 0.3) is 0 Å². The van der Waals surface area contributed by atoms with E-state index in [0.29, 0.717) is 10.0 Å². The standard InChI is InChI=1S/C17H16ClNO2.C16H14ClNO2.C16H14ClNO.C3H9OSi.CH4.K/c1-17(2,16(20)21-3)10-4-6-12-13-9-11(18)5-7-14(13)19-15(12)8-10;1-16(2,15(19)20)9-3-5-11-12-8-10(17)4-6-13(12)18-14(11)7-9;1-9(10(2)19)11-3-5-13-14-8-12(17)4-6-15(14)18-16(13)7-11;1-5(2,3)4;;/h4-9,19H,1-3H3;3-8,18H,1-2H3,(H,19,20);3-9,18H,1-2H3;1-3H3;1H4;/q;;;-1;;+1. The Morgan fingerprint density at radius 1 is 0.582 bits per heavy atom. The molecule has 3 aromatic heterocycles. The molecular formula is C53H57Cl3KN3O6Si. The fourth-order valence-corrected chi connectivity index (χ4v) is 7.94. The van der Waals surface area contributed by atoms with E-state index in [4.69, 9.17) is 39.5 Å². The van der Waals surface area contributed by atoms with Crippen LogP contribution in [0, 0.1) is 0 Å². The number of aromatic nitrogens is 3. The largest absolute Gasteiger partial charge is 1.00 e. The third-order valence-corrected chi connectivity index (χ3v) is 12.2. The molecule has 9 rings (SSSR count). The number of carboxylic acids is 1. The normalized spacial score (nSPS) is 12.0. The van der Waals surface area contributed by atoms with Gasteiger partial charge in [0.1, 0.15) is 5.78 Å². The minimum atomic E-state index is -1.86. The van der Waals surface area contributed by atoms with Crippen LogP contribution in [0.15, 0.2) is 109 Å². The van der Waals surface area contributed by atoms with E-state index in [9.17, 15) is 24.3 Å². The molecule has 0 saturated heterocycles. The Bertz CT molecular complexity index is 3250. The van der Waals surface area contributed by atoms with Crippen molar-refractivity contribution in [3.63, 3.8) is 0 Å². The Morgan fingerprint density at radius 2 is 0.925 bits per heavy atom. The molecule has 67 heavy (non-hydrogen) atoms. The first kappa shape index (κ1) is 55.6. The molecule has 0 amide bonds. The van der Waals surface area contributed by atoms with Gasteiger partial charge in [-0.05, 0) is 124 Å². The van der Waals surface area contributed by atoms with Gasteiger partial charge in [-0.25, -0.2) is 0 Å². The summed E-state index contributed by atoms with van der Waals surface area (Å²) in [5.41, 5.74) is 7.18. The summed E-state index contributed by atoms with van der Waals surface area (Å²) in [7, 11) is -0.451. The quantitative estimate of drug-likeness (QED) is 0.0962. The number of carbonyl (C=O) groups is 3. The number of aromatic amines is 3. The van der Waals surface area contributed by atoms with E-state index in [2.05, 4.69) is 27.1 Å². The number of benzene rings is 6. The summed E-state index contributed by atoms with van der Waals surface area (Å²) in [6, 6.07) is 35.1. The number of nitrogens with one attached hydrogen (secondary N) is 3. The Balaban J connectivity index is 0.000000206. The molecule has 0 saturated carbocycles. The average molecular weight is 1010 g/mol. The van der Waals surface area contributed by atoms with Gasteiger partial charge in [-0.2, -0.15) is 0 Å². The number of H-pyrrole nitrogens is 3. The monoisotopic (exact) mass is 1000 g/mol. The predicted octanol–water partition coefficient (Wildman–Crippen LogP) is 11.3. The molecule has 0 radical (unpaired) electrons. The van der Waals surface area contributed by atoms with E-state index in [1.54, 1.807) is 40.4 Å². The van der Waals surface area contributed by atoms with Crippen LogP contribution in [0.1, 0.15) is 71.6 Å². The Kier molecular flexibility index (Phi) is 18.4. The summed E-state index contributed by atoms with van der Waals surface area (Å²) < 4.78 is 4.89. The fraction of sp³-hybridized carbons (Fsp3) is 0.264. The molecule has 0 fully saturated rings. The van der Waals surface area contributed by atoms with E-state index in [-0.39, 0.29) is 76.5 Å². The SMILES string of the molecule is C.CC(=O)C(C)c1ccc2c(c1)[nH]c1ccc(Cl)cc12.CC(C)(C(=O)O)c1ccc2c(c1)[nH]c1ccc(Cl)cc12.COC(=O)C(C)(C)c1ccc2c(c1)[nH]c1ccc(Cl)cc12.C[Si](C)(C)[O-].[K+]. The Labute approximate surface area is 450 Å². The van der Waals surface area contributed by atoms with Gasteiger partial charge in [0.15, 0.2) is 0 Å². The second-order valence-electron chi connectivity index (χ2n) is 18.3. The maximum absolute atomic E-state index is 11.9. The Hall–Kier alpha value is -3.99. The molecule has 3 heterocycles. The molecule has 0 spiro atoms. The average Bonchev–Trinajstić information content (AvgIpc) is 3.92. The summed E-state index contributed by atoms with van der Waals surface area (Å²) in [6.07, 6.45) is 0. The Morgan fingerprint density at radius 3 is 1.27 bits per heavy atom. The predicted molar refractivity (Wildman–Crippen MR) is 277 cm³/mol. The molecular weight excluding hydrogens is 948 g/mol. The second-order valence-corrected chi connectivity index (χ2v) is 23.8. The minimum absolute atomic E-state index is 0. The van der Waals surface area contributed by atoms with Crippen molar-refractivity contribution in [2.45, 2.75) is 85.4 Å². The second kappa shape index (κ2) is 22.2. The third kappa shape index (κ3) is 12.8. The van der Waals surface area contributed by atoms with E-state index in [0.717, 1.165) is 87.1 Å². The number of methoxy groups -OCH3 is 1. The van der Waals surface area contributed by atoms with Crippen LogP contribution in [0.4, 0.5) is 0 Å². The molecule has 6 aromatic carbocycles. The first-order valence-corrected chi connectivity index (χ1v) is 25.6. The van der Waals surface area contributed by atoms with Gasteiger partial charge >= 0.3 is 63.3 Å². The van der Waals surface area contributed by atoms with Crippen LogP contribution in [0.25, 0.3) is 65.4 Å². The minimum Gasteiger partial charge on any atom is -0.859 e. The molecule has 14 heteroatoms. The van der Waals surface area contributed by atoms with Crippen molar-refractivity contribution in [3.05, 3.63) is 141 Å². The molecule has 9 nitrogen and oxygen atoms in total. The smallest absolute Gasteiger partial charge is 0.859 e. The molecule has 0 aliphatic rings. The van der Waals surface area contributed by atoms with Crippen LogP contribution in [-0.2, 0) is 30.0 Å². The molecule has 346 valence electrons. The summed E-state index contributed by atoms with van der Waals surface area (Å²) in [5.74, 6) is -0.977. The molecule has 0 aliphatic heterocycles. The topological polar surface area (TPSA) is 151 Å². The summed E-state index contributed by atoms with van der Waals surface area (Å²) in [4.78, 5) is 55.0. The number of carbonyl (C=O) groups excluding carboxylic acids is 2. The van der Waals surface area contributed by atoms with Gasteiger partial charge in [0, 0.05) is 86.4 Å². The number of ether oxygens (including phenoxy) is 1. The van der Waals surface area contributed by atoms with Gasteiger partial charge in [-0.3, -0.25) is 14.4 Å². The summed E-state index contributed by atoms with van der Waals surface area (Å²) in [5, 5.41) is 18.0.